The molecule has 1 atom stereocenters. The van der Waals surface area contributed by atoms with Crippen LogP contribution < -0.4 is 11.1 Å². The van der Waals surface area contributed by atoms with E-state index in [0.29, 0.717) is 22.9 Å². The number of rotatable bonds is 5. The van der Waals surface area contributed by atoms with E-state index in [1.165, 1.54) is 0 Å². The van der Waals surface area contributed by atoms with Crippen molar-refractivity contribution in [1.29, 1.82) is 0 Å². The topological polar surface area (TPSA) is 64.3 Å². The summed E-state index contributed by atoms with van der Waals surface area (Å²) in [6, 6.07) is 4.96. The number of hydrogen-bond donors (Lipinski definition) is 2. The summed E-state index contributed by atoms with van der Waals surface area (Å²) in [5.41, 5.74) is 6.44. The molecule has 0 aliphatic rings. The summed E-state index contributed by atoms with van der Waals surface area (Å²) in [7, 11) is 1.60. The van der Waals surface area contributed by atoms with Crippen LogP contribution in [0.4, 0.5) is 5.69 Å². The Morgan fingerprint density at radius 3 is 2.82 bits per heavy atom. The van der Waals surface area contributed by atoms with Gasteiger partial charge in [0.25, 0.3) is 5.91 Å². The fraction of sp³-hybridized carbons (Fsp3) is 0.417. The highest BCUT2D eigenvalue weighted by atomic mass is 35.5. The van der Waals surface area contributed by atoms with Gasteiger partial charge in [0.05, 0.1) is 23.2 Å². The molecule has 94 valence electrons. The minimum Gasteiger partial charge on any atom is -0.398 e. The maximum atomic E-state index is 12.0. The maximum absolute atomic E-state index is 12.0. The fourth-order valence-corrected chi connectivity index (χ4v) is 1.77. The summed E-state index contributed by atoms with van der Waals surface area (Å²) in [6.45, 7) is 2.44. The van der Waals surface area contributed by atoms with Crippen molar-refractivity contribution in [3.63, 3.8) is 0 Å². The molecule has 0 aliphatic heterocycles. The summed E-state index contributed by atoms with van der Waals surface area (Å²) in [5.74, 6) is -0.267. The van der Waals surface area contributed by atoms with E-state index in [1.54, 1.807) is 25.3 Å². The molecule has 0 saturated heterocycles. The summed E-state index contributed by atoms with van der Waals surface area (Å²) < 4.78 is 5.01. The van der Waals surface area contributed by atoms with Crippen LogP contribution in [0.1, 0.15) is 23.7 Å². The number of carbonyl (C=O) groups is 1. The SMILES string of the molecule is CCC(COC)NC(=O)c1c(N)cccc1Cl. The molecule has 0 bridgehead atoms. The number of halogens is 1. The summed E-state index contributed by atoms with van der Waals surface area (Å²) >= 11 is 5.96. The van der Waals surface area contributed by atoms with Crippen molar-refractivity contribution in [3.05, 3.63) is 28.8 Å². The number of nitrogens with one attached hydrogen (secondary N) is 1. The van der Waals surface area contributed by atoms with Gasteiger partial charge in [-0.05, 0) is 18.6 Å². The van der Waals surface area contributed by atoms with E-state index in [9.17, 15) is 4.79 Å². The minimum absolute atomic E-state index is 0.0387. The van der Waals surface area contributed by atoms with Gasteiger partial charge >= 0.3 is 0 Å². The second kappa shape index (κ2) is 6.47. The maximum Gasteiger partial charge on any atom is 0.255 e. The number of anilines is 1. The van der Waals surface area contributed by atoms with Crippen LogP contribution >= 0.6 is 11.6 Å². The summed E-state index contributed by atoms with van der Waals surface area (Å²) in [6.07, 6.45) is 0.782. The number of carbonyl (C=O) groups excluding carboxylic acids is 1. The van der Waals surface area contributed by atoms with E-state index in [4.69, 9.17) is 22.1 Å². The standard InChI is InChI=1S/C12H17ClN2O2/c1-3-8(7-17-2)15-12(16)11-9(13)5-4-6-10(11)14/h4-6,8H,3,7,14H2,1-2H3,(H,15,16). The van der Waals surface area contributed by atoms with E-state index < -0.39 is 0 Å². The molecule has 1 amide bonds. The summed E-state index contributed by atoms with van der Waals surface area (Å²) in [5, 5.41) is 3.19. The molecule has 4 nitrogen and oxygen atoms in total. The lowest BCUT2D eigenvalue weighted by molar-refractivity contribution is 0.0895. The molecule has 1 aromatic rings. The smallest absolute Gasteiger partial charge is 0.255 e. The molecule has 0 aromatic heterocycles. The Labute approximate surface area is 106 Å². The largest absolute Gasteiger partial charge is 0.398 e. The lowest BCUT2D eigenvalue weighted by atomic mass is 10.1. The van der Waals surface area contributed by atoms with Gasteiger partial charge in [-0.1, -0.05) is 24.6 Å². The Balaban J connectivity index is 2.82. The second-order valence-corrected chi connectivity index (χ2v) is 4.15. The number of methoxy groups -OCH3 is 1. The second-order valence-electron chi connectivity index (χ2n) is 3.74. The molecule has 1 aromatic carbocycles. The van der Waals surface area contributed by atoms with Gasteiger partial charge in [-0.2, -0.15) is 0 Å². The first-order valence-corrected chi connectivity index (χ1v) is 5.81. The minimum atomic E-state index is -0.267. The van der Waals surface area contributed by atoms with Gasteiger partial charge < -0.3 is 15.8 Å². The molecule has 0 aliphatic carbocycles. The molecule has 1 rings (SSSR count). The Morgan fingerprint density at radius 1 is 1.59 bits per heavy atom. The highest BCUT2D eigenvalue weighted by molar-refractivity contribution is 6.34. The molecule has 0 fully saturated rings. The highest BCUT2D eigenvalue weighted by Gasteiger charge is 2.16. The van der Waals surface area contributed by atoms with Crippen LogP contribution in [0.2, 0.25) is 5.02 Å². The third-order valence-corrected chi connectivity index (χ3v) is 2.78. The Morgan fingerprint density at radius 2 is 2.29 bits per heavy atom. The van der Waals surface area contributed by atoms with Crippen LogP contribution in [0.5, 0.6) is 0 Å². The highest BCUT2D eigenvalue weighted by Crippen LogP contribution is 2.21. The van der Waals surface area contributed by atoms with Crippen molar-refractivity contribution < 1.29 is 9.53 Å². The van der Waals surface area contributed by atoms with E-state index in [1.807, 2.05) is 6.92 Å². The predicted octanol–water partition coefficient (Wildman–Crippen LogP) is 2.08. The average molecular weight is 257 g/mol. The van der Waals surface area contributed by atoms with Crippen LogP contribution in [0.25, 0.3) is 0 Å². The van der Waals surface area contributed by atoms with Crippen molar-refractivity contribution in [2.75, 3.05) is 19.5 Å². The van der Waals surface area contributed by atoms with E-state index in [2.05, 4.69) is 5.32 Å². The normalized spacial score (nSPS) is 12.2. The van der Waals surface area contributed by atoms with Crippen LogP contribution in [-0.4, -0.2) is 25.7 Å². The quantitative estimate of drug-likeness (QED) is 0.793. The van der Waals surface area contributed by atoms with Crippen molar-refractivity contribution in [3.8, 4) is 0 Å². The first kappa shape index (κ1) is 13.8. The Hall–Kier alpha value is -1.26. The first-order chi connectivity index (χ1) is 8.10. The van der Waals surface area contributed by atoms with Crippen molar-refractivity contribution in [2.24, 2.45) is 0 Å². The molecule has 0 saturated carbocycles. The summed E-state index contributed by atoms with van der Waals surface area (Å²) in [4.78, 5) is 12.0. The molecular formula is C12H17ClN2O2. The predicted molar refractivity (Wildman–Crippen MR) is 69.3 cm³/mol. The first-order valence-electron chi connectivity index (χ1n) is 5.44. The van der Waals surface area contributed by atoms with Crippen LogP contribution in [0.3, 0.4) is 0 Å². The van der Waals surface area contributed by atoms with Gasteiger partial charge in [0.2, 0.25) is 0 Å². The van der Waals surface area contributed by atoms with Gasteiger partial charge in [-0.15, -0.1) is 0 Å². The average Bonchev–Trinajstić information content (AvgIpc) is 2.28. The van der Waals surface area contributed by atoms with Crippen LogP contribution in [0.15, 0.2) is 18.2 Å². The monoisotopic (exact) mass is 256 g/mol. The zero-order chi connectivity index (χ0) is 12.8. The number of amides is 1. The number of nitrogens with two attached hydrogens (primary N) is 1. The molecule has 1 unspecified atom stereocenters. The van der Waals surface area contributed by atoms with Crippen LogP contribution in [-0.2, 0) is 4.74 Å². The molecule has 17 heavy (non-hydrogen) atoms. The zero-order valence-electron chi connectivity index (χ0n) is 10.00. The van der Waals surface area contributed by atoms with Crippen molar-refractivity contribution in [1.82, 2.24) is 5.32 Å². The van der Waals surface area contributed by atoms with Gasteiger partial charge in [0, 0.05) is 12.8 Å². The third-order valence-electron chi connectivity index (χ3n) is 2.47. The molecule has 3 N–H and O–H groups in total. The van der Waals surface area contributed by atoms with Gasteiger partial charge in [0.15, 0.2) is 0 Å². The lowest BCUT2D eigenvalue weighted by Gasteiger charge is -2.17. The lowest BCUT2D eigenvalue weighted by Crippen LogP contribution is -2.37. The molecule has 5 heteroatoms. The van der Waals surface area contributed by atoms with Crippen molar-refractivity contribution in [2.45, 2.75) is 19.4 Å². The van der Waals surface area contributed by atoms with E-state index >= 15 is 0 Å². The number of hydrogen-bond acceptors (Lipinski definition) is 3. The molecule has 0 radical (unpaired) electrons. The Bertz CT molecular complexity index is 376. The molecular weight excluding hydrogens is 240 g/mol. The van der Waals surface area contributed by atoms with E-state index in [-0.39, 0.29) is 11.9 Å². The van der Waals surface area contributed by atoms with Gasteiger partial charge in [0.1, 0.15) is 0 Å². The fourth-order valence-electron chi connectivity index (χ4n) is 1.50. The van der Waals surface area contributed by atoms with Crippen LogP contribution in [0, 0.1) is 0 Å². The van der Waals surface area contributed by atoms with Crippen molar-refractivity contribution >= 4 is 23.2 Å². The third kappa shape index (κ3) is 3.61. The van der Waals surface area contributed by atoms with E-state index in [0.717, 1.165) is 6.42 Å². The molecule has 0 spiro atoms. The molecule has 0 heterocycles. The number of nitrogen functional groups attached to an aromatic ring is 1. The number of benzene rings is 1. The zero-order valence-corrected chi connectivity index (χ0v) is 10.8. The van der Waals surface area contributed by atoms with Gasteiger partial charge in [-0.25, -0.2) is 0 Å². The Kier molecular flexibility index (Phi) is 5.25. The number of ether oxygens (including phenoxy) is 1. The van der Waals surface area contributed by atoms with Gasteiger partial charge in [-0.3, -0.25) is 4.79 Å².